The van der Waals surface area contributed by atoms with Gasteiger partial charge in [0.05, 0.1) is 4.90 Å². The van der Waals surface area contributed by atoms with E-state index in [0.717, 1.165) is 23.3 Å². The van der Waals surface area contributed by atoms with Crippen LogP contribution < -0.4 is 5.32 Å². The molecule has 1 amide bonds. The van der Waals surface area contributed by atoms with E-state index in [4.69, 9.17) is 4.42 Å². The van der Waals surface area contributed by atoms with Gasteiger partial charge in [0.1, 0.15) is 0 Å². The number of carbonyl (C=O) groups is 1. The van der Waals surface area contributed by atoms with Gasteiger partial charge in [0.2, 0.25) is 21.8 Å². The number of carbonyl (C=O) groups excluding carboxylic acids is 1. The fourth-order valence-electron chi connectivity index (χ4n) is 4.79. The minimum absolute atomic E-state index is 0.0617. The number of nitrogens with one attached hydrogen (secondary N) is 1. The second-order valence-electron chi connectivity index (χ2n) is 8.92. The zero-order valence-electron chi connectivity index (χ0n) is 19.6. The summed E-state index contributed by atoms with van der Waals surface area (Å²) in [6.45, 7) is 0.570. The van der Waals surface area contributed by atoms with Crippen LogP contribution in [0.2, 0.25) is 0 Å². The lowest BCUT2D eigenvalue weighted by molar-refractivity contribution is -0.121. The fourth-order valence-corrected chi connectivity index (χ4v) is 7.39. The van der Waals surface area contributed by atoms with Gasteiger partial charge in [-0.25, -0.2) is 8.42 Å². The lowest BCUT2D eigenvalue weighted by Gasteiger charge is -2.30. The Balaban J connectivity index is 1.20. The molecule has 1 N–H and O–H groups in total. The van der Waals surface area contributed by atoms with E-state index in [0.29, 0.717) is 23.6 Å². The number of thioether (sulfide) groups is 1. The summed E-state index contributed by atoms with van der Waals surface area (Å²) in [7, 11) is -3.61. The van der Waals surface area contributed by atoms with Gasteiger partial charge in [0, 0.05) is 29.5 Å². The third-order valence-electron chi connectivity index (χ3n) is 6.76. The monoisotopic (exact) mass is 512 g/mol. The van der Waals surface area contributed by atoms with Gasteiger partial charge in [-0.3, -0.25) is 10.1 Å². The first-order chi connectivity index (χ1) is 17.0. The van der Waals surface area contributed by atoms with Gasteiger partial charge >= 0.3 is 6.01 Å². The molecular weight excluding hydrogens is 484 g/mol. The van der Waals surface area contributed by atoms with E-state index >= 15 is 0 Å². The van der Waals surface area contributed by atoms with E-state index < -0.39 is 10.0 Å². The van der Waals surface area contributed by atoms with Crippen LogP contribution in [-0.4, -0.2) is 48.2 Å². The van der Waals surface area contributed by atoms with Crippen LogP contribution in [-0.2, 0) is 27.7 Å². The molecule has 1 aromatic heterocycles. The molecule has 2 aromatic carbocycles. The van der Waals surface area contributed by atoms with Crippen molar-refractivity contribution in [3.63, 3.8) is 0 Å². The number of aryl methyl sites for hydroxylation is 2. The molecule has 35 heavy (non-hydrogen) atoms. The van der Waals surface area contributed by atoms with Gasteiger partial charge in [-0.05, 0) is 80.2 Å². The number of nitrogens with zero attached hydrogens (tertiary/aromatic N) is 3. The molecule has 0 bridgehead atoms. The number of amides is 1. The van der Waals surface area contributed by atoms with Gasteiger partial charge in [0.25, 0.3) is 0 Å². The van der Waals surface area contributed by atoms with Gasteiger partial charge in [0.15, 0.2) is 0 Å². The maximum absolute atomic E-state index is 13.1. The molecule has 3 aromatic rings. The standard InChI is InChI=1S/C25H28N4O4S2/c1-34-21-8-4-5-9-22(21)35(31,32)29-14-12-18(13-15-29)23(30)26-25-28-27-24(33-25)20-11-10-17-6-2-3-7-19(17)16-20/h4-5,8-11,16,18H,2-3,6-7,12-15H2,1H3,(H,26,28,30). The maximum atomic E-state index is 13.1. The highest BCUT2D eigenvalue weighted by Gasteiger charge is 2.33. The Hall–Kier alpha value is -2.69. The zero-order chi connectivity index (χ0) is 24.4. The van der Waals surface area contributed by atoms with E-state index in [-0.39, 0.29) is 30.9 Å². The van der Waals surface area contributed by atoms with Crippen LogP contribution in [0.4, 0.5) is 6.01 Å². The molecule has 0 atom stereocenters. The summed E-state index contributed by atoms with van der Waals surface area (Å²) >= 11 is 1.41. The zero-order valence-corrected chi connectivity index (χ0v) is 21.2. The summed E-state index contributed by atoms with van der Waals surface area (Å²) in [6.07, 6.45) is 7.28. The van der Waals surface area contributed by atoms with Crippen molar-refractivity contribution >= 4 is 33.7 Å². The van der Waals surface area contributed by atoms with Crippen LogP contribution in [0, 0.1) is 5.92 Å². The summed E-state index contributed by atoms with van der Waals surface area (Å²) in [5.41, 5.74) is 3.54. The lowest BCUT2D eigenvalue weighted by Crippen LogP contribution is -2.41. The molecule has 0 spiro atoms. The van der Waals surface area contributed by atoms with Crippen molar-refractivity contribution in [3.8, 4) is 11.5 Å². The number of hydrogen-bond acceptors (Lipinski definition) is 7. The first-order valence-electron chi connectivity index (χ1n) is 11.9. The minimum atomic E-state index is -3.61. The molecule has 10 heteroatoms. The molecule has 2 aliphatic rings. The van der Waals surface area contributed by atoms with Crippen LogP contribution in [0.5, 0.6) is 0 Å². The third kappa shape index (κ3) is 5.00. The molecule has 1 fully saturated rings. The van der Waals surface area contributed by atoms with Crippen molar-refractivity contribution < 1.29 is 17.6 Å². The molecule has 8 nitrogen and oxygen atoms in total. The number of fused-ring (bicyclic) bond motifs is 1. The van der Waals surface area contributed by atoms with E-state index in [1.165, 1.54) is 40.0 Å². The molecular formula is C25H28N4O4S2. The van der Waals surface area contributed by atoms with Crippen LogP contribution in [0.25, 0.3) is 11.5 Å². The van der Waals surface area contributed by atoms with Crippen LogP contribution in [0.15, 0.2) is 56.7 Å². The first kappa shape index (κ1) is 24.0. The van der Waals surface area contributed by atoms with Crippen molar-refractivity contribution in [2.75, 3.05) is 24.7 Å². The Morgan fingerprint density at radius 3 is 2.57 bits per heavy atom. The summed E-state index contributed by atoms with van der Waals surface area (Å²) in [4.78, 5) is 13.9. The lowest BCUT2D eigenvalue weighted by atomic mass is 9.90. The Kier molecular flexibility index (Phi) is 6.95. The van der Waals surface area contributed by atoms with Gasteiger partial charge < -0.3 is 4.42 Å². The summed E-state index contributed by atoms with van der Waals surface area (Å²) in [6, 6.07) is 13.3. The average Bonchev–Trinajstić information content (AvgIpc) is 3.37. The number of hydrogen-bond donors (Lipinski definition) is 1. The van der Waals surface area contributed by atoms with E-state index in [1.807, 2.05) is 18.4 Å². The fraction of sp³-hybridized carbons (Fsp3) is 0.400. The molecule has 184 valence electrons. The van der Waals surface area contributed by atoms with E-state index in [1.54, 1.807) is 18.2 Å². The van der Waals surface area contributed by atoms with Crippen molar-refractivity contribution in [1.29, 1.82) is 0 Å². The van der Waals surface area contributed by atoms with Crippen LogP contribution in [0.1, 0.15) is 36.8 Å². The number of sulfonamides is 1. The minimum Gasteiger partial charge on any atom is -0.403 e. The molecule has 0 radical (unpaired) electrons. The predicted octanol–water partition coefficient (Wildman–Crippen LogP) is 4.38. The van der Waals surface area contributed by atoms with Gasteiger partial charge in [-0.15, -0.1) is 16.9 Å². The number of piperidine rings is 1. The van der Waals surface area contributed by atoms with Gasteiger partial charge in [-0.1, -0.05) is 23.3 Å². The number of benzene rings is 2. The Morgan fingerprint density at radius 2 is 1.80 bits per heavy atom. The highest BCUT2D eigenvalue weighted by atomic mass is 32.2. The van der Waals surface area contributed by atoms with Crippen LogP contribution >= 0.6 is 11.8 Å². The largest absolute Gasteiger partial charge is 0.403 e. The molecule has 0 saturated carbocycles. The number of anilines is 1. The van der Waals surface area contributed by atoms with Crippen LogP contribution in [0.3, 0.4) is 0 Å². The highest BCUT2D eigenvalue weighted by Crippen LogP contribution is 2.31. The quantitative estimate of drug-likeness (QED) is 0.489. The number of rotatable bonds is 6. The second-order valence-corrected chi connectivity index (χ2v) is 11.7. The van der Waals surface area contributed by atoms with E-state index in [9.17, 15) is 13.2 Å². The topological polar surface area (TPSA) is 105 Å². The maximum Gasteiger partial charge on any atom is 0.322 e. The molecule has 1 saturated heterocycles. The molecule has 1 aliphatic heterocycles. The Morgan fingerprint density at radius 1 is 1.06 bits per heavy atom. The highest BCUT2D eigenvalue weighted by molar-refractivity contribution is 7.99. The summed E-state index contributed by atoms with van der Waals surface area (Å²) in [5, 5.41) is 10.8. The molecule has 2 heterocycles. The third-order valence-corrected chi connectivity index (χ3v) is 9.64. The smallest absolute Gasteiger partial charge is 0.322 e. The Labute approximate surface area is 209 Å². The second kappa shape index (κ2) is 10.1. The first-order valence-corrected chi connectivity index (χ1v) is 14.5. The molecule has 0 unspecified atom stereocenters. The molecule has 1 aliphatic carbocycles. The summed E-state index contributed by atoms with van der Waals surface area (Å²) in [5.74, 6) is -0.175. The Bertz CT molecular complexity index is 1330. The van der Waals surface area contributed by atoms with Crippen molar-refractivity contribution in [2.24, 2.45) is 5.92 Å². The average molecular weight is 513 g/mol. The predicted molar refractivity (Wildman–Crippen MR) is 135 cm³/mol. The van der Waals surface area contributed by atoms with Crippen molar-refractivity contribution in [1.82, 2.24) is 14.5 Å². The van der Waals surface area contributed by atoms with Gasteiger partial charge in [-0.2, -0.15) is 4.31 Å². The normalized spacial score (nSPS) is 17.2. The van der Waals surface area contributed by atoms with E-state index in [2.05, 4.69) is 27.6 Å². The SMILES string of the molecule is CSc1ccccc1S(=O)(=O)N1CCC(C(=O)Nc2nnc(-c3ccc4c(c3)CCCC4)o2)CC1. The molecule has 5 rings (SSSR count). The number of aromatic nitrogens is 2. The van der Waals surface area contributed by atoms with Crippen molar-refractivity contribution in [2.45, 2.75) is 48.3 Å². The summed E-state index contributed by atoms with van der Waals surface area (Å²) < 4.78 is 33.5. The van der Waals surface area contributed by atoms with Crippen molar-refractivity contribution in [3.05, 3.63) is 53.6 Å².